The molecular weight excluding hydrogens is 250 g/mol. The van der Waals surface area contributed by atoms with E-state index in [1.165, 1.54) is 5.56 Å². The van der Waals surface area contributed by atoms with Gasteiger partial charge in [0.15, 0.2) is 0 Å². The average Bonchev–Trinajstić information content (AvgIpc) is 2.46. The predicted molar refractivity (Wildman–Crippen MR) is 82.5 cm³/mol. The molecule has 0 bridgehead atoms. The van der Waals surface area contributed by atoms with Gasteiger partial charge in [0.2, 0.25) is 0 Å². The molecule has 0 saturated heterocycles. The van der Waals surface area contributed by atoms with E-state index < -0.39 is 0 Å². The summed E-state index contributed by atoms with van der Waals surface area (Å²) in [6.07, 6.45) is 0. The van der Waals surface area contributed by atoms with Crippen LogP contribution < -0.4 is 10.1 Å². The van der Waals surface area contributed by atoms with Crippen LogP contribution in [0.2, 0.25) is 0 Å². The monoisotopic (exact) mass is 271 g/mol. The number of hydrogen-bond donors (Lipinski definition) is 2. The number of nitrogens with one attached hydrogen (secondary N) is 1. The van der Waals surface area contributed by atoms with Crippen molar-refractivity contribution in [2.75, 3.05) is 11.9 Å². The van der Waals surface area contributed by atoms with Crippen LogP contribution in [0.4, 0.5) is 5.69 Å². The number of ether oxygens (including phenoxy) is 1. The zero-order chi connectivity index (χ0) is 14.5. The first-order chi connectivity index (χ1) is 9.61. The number of rotatable bonds is 5. The molecule has 106 valence electrons. The van der Waals surface area contributed by atoms with Gasteiger partial charge in [0.05, 0.1) is 6.61 Å². The van der Waals surface area contributed by atoms with E-state index in [1.54, 1.807) is 0 Å². The van der Waals surface area contributed by atoms with Crippen LogP contribution in [-0.2, 0) is 6.54 Å². The zero-order valence-electron chi connectivity index (χ0n) is 12.2. The van der Waals surface area contributed by atoms with Crippen molar-refractivity contribution in [3.05, 3.63) is 53.1 Å². The van der Waals surface area contributed by atoms with Crippen LogP contribution in [0.15, 0.2) is 36.4 Å². The van der Waals surface area contributed by atoms with Crippen LogP contribution in [-0.4, -0.2) is 11.7 Å². The van der Waals surface area contributed by atoms with Crippen molar-refractivity contribution in [3.8, 4) is 11.5 Å². The zero-order valence-corrected chi connectivity index (χ0v) is 12.2. The number of phenols is 1. The van der Waals surface area contributed by atoms with Gasteiger partial charge >= 0.3 is 0 Å². The second-order valence-corrected chi connectivity index (χ2v) is 4.83. The minimum absolute atomic E-state index is 0.363. The minimum Gasteiger partial charge on any atom is -0.507 e. The lowest BCUT2D eigenvalue weighted by molar-refractivity contribution is 0.340. The van der Waals surface area contributed by atoms with Crippen molar-refractivity contribution < 1.29 is 9.84 Å². The van der Waals surface area contributed by atoms with Crippen LogP contribution in [0.3, 0.4) is 0 Å². The lowest BCUT2D eigenvalue weighted by Crippen LogP contribution is -2.01. The Morgan fingerprint density at radius 1 is 1.05 bits per heavy atom. The largest absolute Gasteiger partial charge is 0.507 e. The minimum atomic E-state index is 0.363. The van der Waals surface area contributed by atoms with Gasteiger partial charge in [-0.1, -0.05) is 18.2 Å². The van der Waals surface area contributed by atoms with E-state index in [9.17, 15) is 5.11 Å². The van der Waals surface area contributed by atoms with E-state index in [-0.39, 0.29) is 0 Å². The molecule has 0 heterocycles. The third-order valence-corrected chi connectivity index (χ3v) is 3.35. The summed E-state index contributed by atoms with van der Waals surface area (Å²) in [6.45, 7) is 7.19. The number of aryl methyl sites for hydroxylation is 1. The van der Waals surface area contributed by atoms with Gasteiger partial charge in [0.1, 0.15) is 11.5 Å². The maximum atomic E-state index is 9.92. The quantitative estimate of drug-likeness (QED) is 0.863. The van der Waals surface area contributed by atoms with Crippen molar-refractivity contribution in [1.82, 2.24) is 0 Å². The molecule has 0 radical (unpaired) electrons. The Morgan fingerprint density at radius 3 is 2.40 bits per heavy atom. The van der Waals surface area contributed by atoms with Crippen LogP contribution >= 0.6 is 0 Å². The summed E-state index contributed by atoms with van der Waals surface area (Å²) in [5.41, 5.74) is 3.92. The molecule has 2 aromatic rings. The maximum Gasteiger partial charge on any atom is 0.123 e. The molecule has 0 aliphatic rings. The molecule has 0 fully saturated rings. The van der Waals surface area contributed by atoms with Crippen molar-refractivity contribution in [3.63, 3.8) is 0 Å². The van der Waals surface area contributed by atoms with Crippen LogP contribution in [0.1, 0.15) is 23.6 Å². The molecule has 0 saturated carbocycles. The number of anilines is 1. The van der Waals surface area contributed by atoms with E-state index in [2.05, 4.69) is 5.32 Å². The molecule has 0 unspecified atom stereocenters. The van der Waals surface area contributed by atoms with E-state index in [1.807, 2.05) is 57.2 Å². The molecule has 2 aromatic carbocycles. The molecule has 0 aromatic heterocycles. The smallest absolute Gasteiger partial charge is 0.123 e. The van der Waals surface area contributed by atoms with Gasteiger partial charge in [-0.25, -0.2) is 0 Å². The van der Waals surface area contributed by atoms with E-state index in [4.69, 9.17) is 4.74 Å². The maximum absolute atomic E-state index is 9.92. The van der Waals surface area contributed by atoms with Crippen molar-refractivity contribution in [1.29, 1.82) is 0 Å². The van der Waals surface area contributed by atoms with Gasteiger partial charge in [0, 0.05) is 17.8 Å². The molecule has 2 N–H and O–H groups in total. The number of benzene rings is 2. The van der Waals surface area contributed by atoms with Crippen LogP contribution in [0.25, 0.3) is 0 Å². The van der Waals surface area contributed by atoms with E-state index >= 15 is 0 Å². The van der Waals surface area contributed by atoms with Crippen LogP contribution in [0, 0.1) is 13.8 Å². The first kappa shape index (κ1) is 14.3. The highest BCUT2D eigenvalue weighted by Crippen LogP contribution is 2.28. The highest BCUT2D eigenvalue weighted by molar-refractivity contribution is 5.59. The molecule has 20 heavy (non-hydrogen) atoms. The molecule has 0 atom stereocenters. The molecule has 3 nitrogen and oxygen atoms in total. The standard InChI is InChI=1S/C17H21NO2/c1-4-20-15-8-6-14(7-9-15)11-18-16-10-5-12(2)17(19)13(16)3/h5-10,18-19H,4,11H2,1-3H3. The summed E-state index contributed by atoms with van der Waals surface area (Å²) in [5, 5.41) is 13.3. The SMILES string of the molecule is CCOc1ccc(CNc2ccc(C)c(O)c2C)cc1. The second-order valence-electron chi connectivity index (χ2n) is 4.83. The fourth-order valence-electron chi connectivity index (χ4n) is 2.09. The molecule has 3 heteroatoms. The predicted octanol–water partition coefficient (Wildman–Crippen LogP) is 4.02. The number of aromatic hydroxyl groups is 1. The van der Waals surface area contributed by atoms with Gasteiger partial charge in [0.25, 0.3) is 0 Å². The molecular formula is C17H21NO2. The summed E-state index contributed by atoms with van der Waals surface area (Å²) < 4.78 is 5.42. The fraction of sp³-hybridized carbons (Fsp3) is 0.294. The lowest BCUT2D eigenvalue weighted by atomic mass is 10.1. The molecule has 0 amide bonds. The third-order valence-electron chi connectivity index (χ3n) is 3.35. The first-order valence-electron chi connectivity index (χ1n) is 6.86. The summed E-state index contributed by atoms with van der Waals surface area (Å²) in [7, 11) is 0. The number of phenolic OH excluding ortho intramolecular Hbond substituents is 1. The summed E-state index contributed by atoms with van der Waals surface area (Å²) in [5.74, 6) is 1.25. The summed E-state index contributed by atoms with van der Waals surface area (Å²) in [4.78, 5) is 0. The van der Waals surface area contributed by atoms with Crippen molar-refractivity contribution >= 4 is 5.69 Å². The van der Waals surface area contributed by atoms with Gasteiger partial charge in [-0.2, -0.15) is 0 Å². The second kappa shape index (κ2) is 6.33. The molecule has 0 aliphatic carbocycles. The first-order valence-corrected chi connectivity index (χ1v) is 6.86. The average molecular weight is 271 g/mol. The highest BCUT2D eigenvalue weighted by atomic mass is 16.5. The summed E-state index contributed by atoms with van der Waals surface area (Å²) in [6, 6.07) is 11.9. The Bertz CT molecular complexity index is 576. The van der Waals surface area contributed by atoms with Crippen molar-refractivity contribution in [2.24, 2.45) is 0 Å². The Kier molecular flexibility index (Phi) is 4.51. The van der Waals surface area contributed by atoms with Gasteiger partial charge in [-0.3, -0.25) is 0 Å². The molecule has 2 rings (SSSR count). The lowest BCUT2D eigenvalue weighted by Gasteiger charge is -2.12. The van der Waals surface area contributed by atoms with Gasteiger partial charge in [-0.05, 0) is 50.1 Å². The van der Waals surface area contributed by atoms with Gasteiger partial charge in [-0.15, -0.1) is 0 Å². The van der Waals surface area contributed by atoms with E-state index in [0.717, 1.165) is 29.1 Å². The van der Waals surface area contributed by atoms with Gasteiger partial charge < -0.3 is 15.2 Å². The number of hydrogen-bond acceptors (Lipinski definition) is 3. The Morgan fingerprint density at radius 2 is 1.75 bits per heavy atom. The van der Waals surface area contributed by atoms with E-state index in [0.29, 0.717) is 12.4 Å². The Labute approximate surface area is 120 Å². The van der Waals surface area contributed by atoms with Crippen molar-refractivity contribution in [2.45, 2.75) is 27.3 Å². The van der Waals surface area contributed by atoms with Crippen LogP contribution in [0.5, 0.6) is 11.5 Å². The highest BCUT2D eigenvalue weighted by Gasteiger charge is 2.05. The topological polar surface area (TPSA) is 41.5 Å². The summed E-state index contributed by atoms with van der Waals surface area (Å²) >= 11 is 0. The molecule has 0 spiro atoms. The Hall–Kier alpha value is -2.16. The normalized spacial score (nSPS) is 10.3. The Balaban J connectivity index is 2.03. The third kappa shape index (κ3) is 3.23. The molecule has 0 aliphatic heterocycles. The fourth-order valence-corrected chi connectivity index (χ4v) is 2.09.